The Morgan fingerprint density at radius 2 is 1.62 bits per heavy atom. The van der Waals surface area contributed by atoms with Crippen LogP contribution in [0.15, 0.2) is 82.0 Å². The zero-order valence-corrected chi connectivity index (χ0v) is 24.0. The summed E-state index contributed by atoms with van der Waals surface area (Å²) in [4.78, 5) is 16.7. The number of ether oxygens (including phenoxy) is 1. The number of nitrogens with zero attached hydrogens (tertiary/aromatic N) is 3. The smallest absolute Gasteiger partial charge is 0.289 e. The Kier molecular flexibility index (Phi) is 8.70. The molecule has 0 spiro atoms. The van der Waals surface area contributed by atoms with Gasteiger partial charge in [0.05, 0.1) is 30.3 Å². The number of hydrogen-bond acceptors (Lipinski definition) is 8. The van der Waals surface area contributed by atoms with Crippen molar-refractivity contribution < 1.29 is 26.4 Å². The molecule has 0 aliphatic heterocycles. The zero-order chi connectivity index (χ0) is 28.9. The number of carbonyl (C=O) groups is 1. The third-order valence-corrected chi connectivity index (χ3v) is 10.2. The van der Waals surface area contributed by atoms with Gasteiger partial charge in [-0.1, -0.05) is 26.0 Å². The second-order valence-corrected chi connectivity index (χ2v) is 13.1. The Balaban J connectivity index is 1.95. The number of hydrogen-bond donors (Lipinski definition) is 1. The van der Waals surface area contributed by atoms with Crippen LogP contribution >= 0.6 is 0 Å². The van der Waals surface area contributed by atoms with Crippen molar-refractivity contribution in [3.05, 3.63) is 78.4 Å². The summed E-state index contributed by atoms with van der Waals surface area (Å²) in [6.07, 6.45) is 6.59. The van der Waals surface area contributed by atoms with E-state index in [1.165, 1.54) is 23.9 Å². The van der Waals surface area contributed by atoms with Gasteiger partial charge < -0.3 is 9.14 Å². The predicted octanol–water partition coefficient (Wildman–Crippen LogP) is 4.14. The number of carbonyl (C=O) groups excluding carboxylic acids is 1. The highest BCUT2D eigenvalue weighted by Crippen LogP contribution is 2.36. The second kappa shape index (κ2) is 12.0. The molecule has 1 aromatic carbocycles. The van der Waals surface area contributed by atoms with Crippen molar-refractivity contribution in [1.29, 1.82) is 0 Å². The molecule has 12 heteroatoms. The van der Waals surface area contributed by atoms with Crippen LogP contribution < -0.4 is 10.2 Å². The molecule has 0 unspecified atom stereocenters. The van der Waals surface area contributed by atoms with E-state index in [1.807, 2.05) is 0 Å². The molecule has 0 radical (unpaired) electrons. The number of aromatic nitrogens is 2. The van der Waals surface area contributed by atoms with E-state index in [1.54, 1.807) is 74.8 Å². The minimum Gasteiger partial charge on any atom is -0.497 e. The molecule has 3 aromatic heterocycles. The van der Waals surface area contributed by atoms with Gasteiger partial charge in [-0.2, -0.15) is 5.10 Å². The third kappa shape index (κ3) is 5.92. The lowest BCUT2D eigenvalue weighted by Gasteiger charge is -2.08. The van der Waals surface area contributed by atoms with E-state index < -0.39 is 30.5 Å². The van der Waals surface area contributed by atoms with Crippen LogP contribution in [-0.4, -0.2) is 57.0 Å². The number of sulfone groups is 2. The van der Waals surface area contributed by atoms with Crippen LogP contribution in [-0.2, 0) is 19.7 Å². The van der Waals surface area contributed by atoms with Crippen molar-refractivity contribution in [1.82, 2.24) is 14.8 Å². The van der Waals surface area contributed by atoms with E-state index in [9.17, 15) is 21.6 Å². The monoisotopic (exact) mass is 582 g/mol. The molecule has 4 rings (SSSR count). The van der Waals surface area contributed by atoms with E-state index in [4.69, 9.17) is 4.74 Å². The van der Waals surface area contributed by atoms with Crippen LogP contribution in [0.3, 0.4) is 0 Å². The van der Waals surface area contributed by atoms with Crippen molar-refractivity contribution in [2.75, 3.05) is 18.6 Å². The molecule has 0 saturated heterocycles. The van der Waals surface area contributed by atoms with Crippen LogP contribution in [0.2, 0.25) is 0 Å². The number of pyridine rings is 2. The van der Waals surface area contributed by atoms with Crippen molar-refractivity contribution >= 4 is 37.3 Å². The number of hydrazone groups is 1. The highest BCUT2D eigenvalue weighted by Gasteiger charge is 2.37. The fraction of sp³-hybridized carbons (Fsp3) is 0.250. The van der Waals surface area contributed by atoms with Crippen LogP contribution in [0.4, 0.5) is 0 Å². The van der Waals surface area contributed by atoms with Gasteiger partial charge in [-0.3, -0.25) is 9.78 Å². The lowest BCUT2D eigenvalue weighted by Crippen LogP contribution is -2.23. The molecule has 210 valence electrons. The van der Waals surface area contributed by atoms with E-state index in [0.29, 0.717) is 16.9 Å². The Labute approximate surface area is 233 Å². The van der Waals surface area contributed by atoms with Gasteiger partial charge in [-0.05, 0) is 65.9 Å². The average Bonchev–Trinajstić information content (AvgIpc) is 3.30. The van der Waals surface area contributed by atoms with Crippen LogP contribution in [0, 0.1) is 0 Å². The summed E-state index contributed by atoms with van der Waals surface area (Å²) in [7, 11) is -6.75. The number of amides is 1. The maximum absolute atomic E-state index is 13.6. The number of methoxy groups -OCH3 is 1. The van der Waals surface area contributed by atoms with Gasteiger partial charge in [0.15, 0.2) is 19.7 Å². The van der Waals surface area contributed by atoms with Crippen LogP contribution in [0.5, 0.6) is 5.75 Å². The van der Waals surface area contributed by atoms with Gasteiger partial charge in [-0.25, -0.2) is 22.3 Å². The fourth-order valence-corrected chi connectivity index (χ4v) is 8.38. The summed E-state index contributed by atoms with van der Waals surface area (Å²) < 4.78 is 60.9. The lowest BCUT2D eigenvalue weighted by molar-refractivity contribution is 0.0945. The van der Waals surface area contributed by atoms with Gasteiger partial charge in [0.2, 0.25) is 0 Å². The summed E-state index contributed by atoms with van der Waals surface area (Å²) in [5.41, 5.74) is 4.18. The quantitative estimate of drug-likeness (QED) is 0.207. The standard InChI is InChI=1S/C28H30N4O6S2/c1-4-15-39(34,35)26-24-18-22(21-9-12-29-13-10-21)11-14-32(24)25(27(26)40(36,37)16-5-2)28(33)31-30-19-20-7-6-8-23(17-20)38-3/h6-14,17-19H,4-5,15-16H2,1-3H3,(H,31,33). The van der Waals surface area contributed by atoms with Gasteiger partial charge in [-0.15, -0.1) is 0 Å². The topological polar surface area (TPSA) is 136 Å². The minimum absolute atomic E-state index is 0.0966. The Morgan fingerprint density at radius 3 is 2.27 bits per heavy atom. The molecule has 1 amide bonds. The highest BCUT2D eigenvalue weighted by atomic mass is 32.2. The predicted molar refractivity (Wildman–Crippen MR) is 153 cm³/mol. The van der Waals surface area contributed by atoms with Gasteiger partial charge in [0.1, 0.15) is 21.2 Å². The fourth-order valence-electron chi connectivity index (χ4n) is 4.41. The molecule has 4 aromatic rings. The molecule has 0 aliphatic carbocycles. The minimum atomic E-state index is -4.18. The molecule has 3 heterocycles. The summed E-state index contributed by atoms with van der Waals surface area (Å²) in [6, 6.07) is 13.7. The summed E-state index contributed by atoms with van der Waals surface area (Å²) in [5.74, 6) is -0.881. The molecule has 1 N–H and O–H groups in total. The zero-order valence-electron chi connectivity index (χ0n) is 22.4. The normalized spacial score (nSPS) is 12.2. The van der Waals surface area contributed by atoms with Crippen LogP contribution in [0.25, 0.3) is 16.6 Å². The van der Waals surface area contributed by atoms with Crippen molar-refractivity contribution in [3.63, 3.8) is 0 Å². The first-order valence-electron chi connectivity index (χ1n) is 12.6. The first kappa shape index (κ1) is 29.0. The van der Waals surface area contributed by atoms with Gasteiger partial charge in [0.25, 0.3) is 5.91 Å². The average molecular weight is 583 g/mol. The maximum Gasteiger partial charge on any atom is 0.289 e. The molecular weight excluding hydrogens is 552 g/mol. The number of rotatable bonds is 11. The van der Waals surface area contributed by atoms with E-state index >= 15 is 0 Å². The Hall–Kier alpha value is -4.03. The summed E-state index contributed by atoms with van der Waals surface area (Å²) in [6.45, 7) is 3.37. The van der Waals surface area contributed by atoms with E-state index in [-0.39, 0.29) is 40.5 Å². The molecule has 10 nitrogen and oxygen atoms in total. The largest absolute Gasteiger partial charge is 0.497 e. The number of benzene rings is 1. The van der Waals surface area contributed by atoms with E-state index in [0.717, 1.165) is 5.56 Å². The lowest BCUT2D eigenvalue weighted by atomic mass is 10.1. The molecular formula is C28H30N4O6S2. The molecule has 0 saturated carbocycles. The van der Waals surface area contributed by atoms with Crippen molar-refractivity contribution in [2.24, 2.45) is 5.10 Å². The van der Waals surface area contributed by atoms with E-state index in [2.05, 4.69) is 15.5 Å². The van der Waals surface area contributed by atoms with Gasteiger partial charge in [0, 0.05) is 18.6 Å². The SMILES string of the molecule is CCCS(=O)(=O)c1c(S(=O)(=O)CCC)c2cc(-c3ccncc3)ccn2c1C(=O)NN=Cc1cccc(OC)c1. The Morgan fingerprint density at radius 1 is 0.950 bits per heavy atom. The van der Waals surface area contributed by atoms with Crippen molar-refractivity contribution in [2.45, 2.75) is 36.5 Å². The molecule has 0 fully saturated rings. The molecule has 0 bridgehead atoms. The first-order valence-corrected chi connectivity index (χ1v) is 15.9. The van der Waals surface area contributed by atoms with Crippen molar-refractivity contribution in [3.8, 4) is 16.9 Å². The molecule has 40 heavy (non-hydrogen) atoms. The number of fused-ring (bicyclic) bond motifs is 1. The van der Waals surface area contributed by atoms with Crippen LogP contribution in [0.1, 0.15) is 42.7 Å². The summed E-state index contributed by atoms with van der Waals surface area (Å²) >= 11 is 0. The molecule has 0 atom stereocenters. The Bertz CT molecular complexity index is 1780. The number of nitrogens with one attached hydrogen (secondary N) is 1. The molecule has 0 aliphatic rings. The second-order valence-electron chi connectivity index (χ2n) is 9.03. The van der Waals surface area contributed by atoms with Gasteiger partial charge >= 0.3 is 0 Å². The summed E-state index contributed by atoms with van der Waals surface area (Å²) in [5, 5.41) is 4.00. The third-order valence-electron chi connectivity index (χ3n) is 6.12. The maximum atomic E-state index is 13.6. The highest BCUT2D eigenvalue weighted by molar-refractivity contribution is 7.94. The first-order chi connectivity index (χ1) is 19.1.